The zero-order valence-electron chi connectivity index (χ0n) is 9.61. The predicted octanol–water partition coefficient (Wildman–Crippen LogP) is 1.75. The van der Waals surface area contributed by atoms with Gasteiger partial charge in [-0.15, -0.1) is 0 Å². The minimum Gasteiger partial charge on any atom is -0.394 e. The molecule has 86 valence electrons. The summed E-state index contributed by atoms with van der Waals surface area (Å²) >= 11 is 0. The number of aromatic nitrogens is 2. The number of hydrogen-bond donors (Lipinski definition) is 2. The van der Waals surface area contributed by atoms with Gasteiger partial charge in [0.05, 0.1) is 18.8 Å². The van der Waals surface area contributed by atoms with Crippen molar-refractivity contribution in [2.75, 3.05) is 12.3 Å². The van der Waals surface area contributed by atoms with Crippen molar-refractivity contribution in [1.29, 1.82) is 0 Å². The Hall–Kier alpha value is -1.03. The van der Waals surface area contributed by atoms with E-state index < -0.39 is 0 Å². The molecule has 1 atom stereocenters. The Labute approximate surface area is 91.1 Å². The van der Waals surface area contributed by atoms with E-state index in [1.54, 1.807) is 4.68 Å². The number of aliphatic hydroxyl groups is 1. The lowest BCUT2D eigenvalue weighted by Gasteiger charge is -2.06. The Morgan fingerprint density at radius 1 is 1.60 bits per heavy atom. The molecule has 1 aromatic heterocycles. The highest BCUT2D eigenvalue weighted by Crippen LogP contribution is 2.21. The summed E-state index contributed by atoms with van der Waals surface area (Å²) in [5.74, 6) is 1.09. The molecule has 0 saturated carbocycles. The first-order chi connectivity index (χ1) is 7.19. The van der Waals surface area contributed by atoms with E-state index >= 15 is 0 Å². The molecule has 0 aromatic carbocycles. The summed E-state index contributed by atoms with van der Waals surface area (Å²) in [6.07, 6.45) is 3.57. The van der Waals surface area contributed by atoms with Crippen molar-refractivity contribution in [3.8, 4) is 0 Å². The van der Waals surface area contributed by atoms with E-state index in [2.05, 4.69) is 18.9 Å². The Bertz CT molecular complexity index is 296. The molecule has 0 bridgehead atoms. The number of hydrogen-bond acceptors (Lipinski definition) is 3. The summed E-state index contributed by atoms with van der Waals surface area (Å²) in [5.41, 5.74) is 6.82. The molecule has 1 rings (SSSR count). The number of rotatable bonds is 6. The lowest BCUT2D eigenvalue weighted by molar-refractivity contribution is 0.270. The molecule has 0 aliphatic rings. The van der Waals surface area contributed by atoms with Crippen LogP contribution in [0.25, 0.3) is 0 Å². The number of nitrogens with two attached hydrogens (primary N) is 1. The number of nitrogens with zero attached hydrogens (tertiary/aromatic N) is 2. The number of aliphatic hydroxyl groups excluding tert-OH is 1. The first kappa shape index (κ1) is 12.0. The number of unbranched alkanes of at least 4 members (excludes halogenated alkanes) is 1. The van der Waals surface area contributed by atoms with Gasteiger partial charge < -0.3 is 10.8 Å². The highest BCUT2D eigenvalue weighted by molar-refractivity contribution is 5.32. The van der Waals surface area contributed by atoms with E-state index in [4.69, 9.17) is 10.8 Å². The molecule has 0 saturated heterocycles. The minimum absolute atomic E-state index is 0.0780. The summed E-state index contributed by atoms with van der Waals surface area (Å²) < 4.78 is 1.66. The first-order valence-electron chi connectivity index (χ1n) is 5.63. The van der Waals surface area contributed by atoms with Gasteiger partial charge in [-0.25, -0.2) is 4.68 Å². The van der Waals surface area contributed by atoms with Crippen LogP contribution in [0.15, 0.2) is 6.07 Å². The van der Waals surface area contributed by atoms with Crippen LogP contribution in [0.2, 0.25) is 0 Å². The van der Waals surface area contributed by atoms with Gasteiger partial charge in [-0.3, -0.25) is 0 Å². The van der Waals surface area contributed by atoms with E-state index in [1.807, 2.05) is 6.07 Å². The standard InChI is InChI=1S/C11H21N3O/c1-3-4-5-9(2)10-8-11(12)14(13-10)6-7-15/h8-9,15H,3-7,12H2,1-2H3. The third kappa shape index (κ3) is 3.23. The van der Waals surface area contributed by atoms with Crippen LogP contribution in [0.1, 0.15) is 44.7 Å². The summed E-state index contributed by atoms with van der Waals surface area (Å²) in [6.45, 7) is 4.91. The molecule has 1 unspecified atom stereocenters. The van der Waals surface area contributed by atoms with Gasteiger partial charge in [0.2, 0.25) is 0 Å². The van der Waals surface area contributed by atoms with Gasteiger partial charge in [-0.05, 0) is 6.42 Å². The summed E-state index contributed by atoms with van der Waals surface area (Å²) in [4.78, 5) is 0. The van der Waals surface area contributed by atoms with E-state index in [1.165, 1.54) is 12.8 Å². The molecule has 0 radical (unpaired) electrons. The lowest BCUT2D eigenvalue weighted by Crippen LogP contribution is -2.08. The summed E-state index contributed by atoms with van der Waals surface area (Å²) in [6, 6.07) is 1.91. The summed E-state index contributed by atoms with van der Waals surface area (Å²) in [5, 5.41) is 13.2. The molecule has 15 heavy (non-hydrogen) atoms. The van der Waals surface area contributed by atoms with E-state index in [-0.39, 0.29) is 6.61 Å². The van der Waals surface area contributed by atoms with Gasteiger partial charge in [0, 0.05) is 12.0 Å². The van der Waals surface area contributed by atoms with Crippen molar-refractivity contribution in [1.82, 2.24) is 9.78 Å². The second-order valence-corrected chi connectivity index (χ2v) is 3.98. The molecule has 0 aliphatic carbocycles. The van der Waals surface area contributed by atoms with Crippen molar-refractivity contribution in [3.63, 3.8) is 0 Å². The van der Waals surface area contributed by atoms with Crippen LogP contribution in [-0.4, -0.2) is 21.5 Å². The van der Waals surface area contributed by atoms with Crippen molar-refractivity contribution in [2.45, 2.75) is 45.6 Å². The quantitative estimate of drug-likeness (QED) is 0.753. The third-order valence-corrected chi connectivity index (χ3v) is 2.64. The maximum absolute atomic E-state index is 8.82. The van der Waals surface area contributed by atoms with Gasteiger partial charge >= 0.3 is 0 Å². The van der Waals surface area contributed by atoms with Gasteiger partial charge in [0.25, 0.3) is 0 Å². The smallest absolute Gasteiger partial charge is 0.122 e. The largest absolute Gasteiger partial charge is 0.394 e. The van der Waals surface area contributed by atoms with Gasteiger partial charge in [0.1, 0.15) is 5.82 Å². The Morgan fingerprint density at radius 2 is 2.33 bits per heavy atom. The van der Waals surface area contributed by atoms with Crippen molar-refractivity contribution >= 4 is 5.82 Å². The second kappa shape index (κ2) is 5.75. The number of anilines is 1. The van der Waals surface area contributed by atoms with Crippen molar-refractivity contribution < 1.29 is 5.11 Å². The highest BCUT2D eigenvalue weighted by atomic mass is 16.3. The molecule has 4 heteroatoms. The zero-order chi connectivity index (χ0) is 11.3. The maximum atomic E-state index is 8.82. The topological polar surface area (TPSA) is 64.1 Å². The van der Waals surface area contributed by atoms with Crippen molar-refractivity contribution in [3.05, 3.63) is 11.8 Å². The first-order valence-corrected chi connectivity index (χ1v) is 5.63. The third-order valence-electron chi connectivity index (χ3n) is 2.64. The lowest BCUT2D eigenvalue weighted by atomic mass is 10.0. The average Bonchev–Trinajstić information content (AvgIpc) is 2.58. The average molecular weight is 211 g/mol. The van der Waals surface area contributed by atoms with E-state index in [0.717, 1.165) is 12.1 Å². The SMILES string of the molecule is CCCCC(C)c1cc(N)n(CCO)n1. The fourth-order valence-electron chi connectivity index (χ4n) is 1.62. The molecule has 4 nitrogen and oxygen atoms in total. The van der Waals surface area contributed by atoms with Crippen LogP contribution in [0.3, 0.4) is 0 Å². The molecule has 1 aromatic rings. The van der Waals surface area contributed by atoms with E-state index in [9.17, 15) is 0 Å². The van der Waals surface area contributed by atoms with Crippen LogP contribution in [0.4, 0.5) is 5.82 Å². The molecule has 0 amide bonds. The van der Waals surface area contributed by atoms with Crippen LogP contribution < -0.4 is 5.73 Å². The maximum Gasteiger partial charge on any atom is 0.122 e. The van der Waals surface area contributed by atoms with E-state index in [0.29, 0.717) is 18.3 Å². The van der Waals surface area contributed by atoms with Crippen LogP contribution in [0, 0.1) is 0 Å². The molecule has 1 heterocycles. The fourth-order valence-corrected chi connectivity index (χ4v) is 1.62. The molecule has 0 spiro atoms. The normalized spacial score (nSPS) is 13.0. The summed E-state index contributed by atoms with van der Waals surface area (Å²) in [7, 11) is 0. The zero-order valence-corrected chi connectivity index (χ0v) is 9.61. The monoisotopic (exact) mass is 211 g/mol. The Morgan fingerprint density at radius 3 is 2.93 bits per heavy atom. The second-order valence-electron chi connectivity index (χ2n) is 3.98. The molecular weight excluding hydrogens is 190 g/mol. The molecular formula is C11H21N3O. The minimum atomic E-state index is 0.0780. The number of nitrogen functional groups attached to an aromatic ring is 1. The molecule has 3 N–H and O–H groups in total. The van der Waals surface area contributed by atoms with Crippen molar-refractivity contribution in [2.24, 2.45) is 0 Å². The Balaban J connectivity index is 2.64. The Kier molecular flexibility index (Phi) is 4.62. The van der Waals surface area contributed by atoms with Gasteiger partial charge in [0.15, 0.2) is 0 Å². The van der Waals surface area contributed by atoms with Crippen LogP contribution in [0.5, 0.6) is 0 Å². The molecule has 0 aliphatic heterocycles. The highest BCUT2D eigenvalue weighted by Gasteiger charge is 2.11. The fraction of sp³-hybridized carbons (Fsp3) is 0.727. The van der Waals surface area contributed by atoms with Gasteiger partial charge in [-0.2, -0.15) is 5.10 Å². The van der Waals surface area contributed by atoms with Gasteiger partial charge in [-0.1, -0.05) is 26.7 Å². The predicted molar refractivity (Wildman–Crippen MR) is 61.7 cm³/mol. The molecule has 0 fully saturated rings. The van der Waals surface area contributed by atoms with Crippen LogP contribution >= 0.6 is 0 Å². The van der Waals surface area contributed by atoms with Crippen LogP contribution in [-0.2, 0) is 6.54 Å².